The molecule has 5 heteroatoms. The van der Waals surface area contributed by atoms with Gasteiger partial charge in [-0.1, -0.05) is 19.4 Å². The summed E-state index contributed by atoms with van der Waals surface area (Å²) in [4.78, 5) is 12.3. The molecule has 2 aromatic carbocycles. The number of carbonyl (C=O) groups is 1. The Morgan fingerprint density at radius 1 is 1.27 bits per heavy atom. The van der Waals surface area contributed by atoms with E-state index in [2.05, 4.69) is 28.2 Å². The van der Waals surface area contributed by atoms with Gasteiger partial charge in [0.25, 0.3) is 5.91 Å². The summed E-state index contributed by atoms with van der Waals surface area (Å²) in [6.45, 7) is 2.77. The zero-order valence-electron chi connectivity index (χ0n) is 12.4. The van der Waals surface area contributed by atoms with Crippen molar-refractivity contribution in [1.82, 2.24) is 0 Å². The fraction of sp³-hybridized carbons (Fsp3) is 0.235. The SMILES string of the molecule is CCCCOc1cccc(C(=O)Nc2ccc(N)cc2Br)c1. The maximum absolute atomic E-state index is 12.3. The lowest BCUT2D eigenvalue weighted by molar-refractivity contribution is 0.102. The number of unbranched alkanes of at least 4 members (excludes halogenated alkanes) is 1. The highest BCUT2D eigenvalue weighted by Gasteiger charge is 2.09. The van der Waals surface area contributed by atoms with Crippen molar-refractivity contribution in [3.63, 3.8) is 0 Å². The minimum Gasteiger partial charge on any atom is -0.494 e. The van der Waals surface area contributed by atoms with Gasteiger partial charge in [0.2, 0.25) is 0 Å². The normalized spacial score (nSPS) is 10.3. The highest BCUT2D eigenvalue weighted by Crippen LogP contribution is 2.25. The molecule has 0 aromatic heterocycles. The lowest BCUT2D eigenvalue weighted by atomic mass is 10.2. The second-order valence-electron chi connectivity index (χ2n) is 4.92. The molecule has 2 aromatic rings. The molecular formula is C17H19BrN2O2. The molecule has 0 bridgehead atoms. The third kappa shape index (κ3) is 4.49. The summed E-state index contributed by atoms with van der Waals surface area (Å²) in [6.07, 6.45) is 2.07. The maximum Gasteiger partial charge on any atom is 0.255 e. The highest BCUT2D eigenvalue weighted by atomic mass is 79.9. The van der Waals surface area contributed by atoms with Gasteiger partial charge in [0.05, 0.1) is 12.3 Å². The van der Waals surface area contributed by atoms with Crippen LogP contribution in [0.1, 0.15) is 30.1 Å². The number of hydrogen-bond acceptors (Lipinski definition) is 3. The zero-order valence-corrected chi connectivity index (χ0v) is 14.0. The van der Waals surface area contributed by atoms with Gasteiger partial charge >= 0.3 is 0 Å². The number of rotatable bonds is 6. The first-order valence-electron chi connectivity index (χ1n) is 7.19. The fourth-order valence-electron chi connectivity index (χ4n) is 1.89. The molecule has 4 nitrogen and oxygen atoms in total. The van der Waals surface area contributed by atoms with Gasteiger partial charge in [0.15, 0.2) is 0 Å². The van der Waals surface area contributed by atoms with Crippen molar-refractivity contribution >= 4 is 33.2 Å². The zero-order chi connectivity index (χ0) is 15.9. The number of nitrogen functional groups attached to an aromatic ring is 1. The molecule has 0 spiro atoms. The topological polar surface area (TPSA) is 64.3 Å². The molecule has 22 heavy (non-hydrogen) atoms. The highest BCUT2D eigenvalue weighted by molar-refractivity contribution is 9.10. The predicted molar refractivity (Wildman–Crippen MR) is 93.4 cm³/mol. The Balaban J connectivity index is 2.07. The van der Waals surface area contributed by atoms with Crippen molar-refractivity contribution in [1.29, 1.82) is 0 Å². The van der Waals surface area contributed by atoms with Gasteiger partial charge in [0.1, 0.15) is 5.75 Å². The van der Waals surface area contributed by atoms with Gasteiger partial charge in [-0.25, -0.2) is 0 Å². The number of carbonyl (C=O) groups excluding carboxylic acids is 1. The Morgan fingerprint density at radius 3 is 2.82 bits per heavy atom. The first-order valence-corrected chi connectivity index (χ1v) is 7.98. The molecule has 0 aliphatic carbocycles. The van der Waals surface area contributed by atoms with Crippen molar-refractivity contribution in [2.24, 2.45) is 0 Å². The molecule has 116 valence electrons. The second-order valence-corrected chi connectivity index (χ2v) is 5.78. The summed E-state index contributed by atoms with van der Waals surface area (Å²) >= 11 is 3.39. The molecule has 0 aliphatic rings. The van der Waals surface area contributed by atoms with Gasteiger partial charge in [-0.2, -0.15) is 0 Å². The molecular weight excluding hydrogens is 344 g/mol. The molecule has 0 atom stereocenters. The van der Waals surface area contributed by atoms with Crippen molar-refractivity contribution in [2.45, 2.75) is 19.8 Å². The number of benzene rings is 2. The van der Waals surface area contributed by atoms with Crippen LogP contribution in [0.4, 0.5) is 11.4 Å². The molecule has 2 rings (SSSR count). The first-order chi connectivity index (χ1) is 10.6. The van der Waals surface area contributed by atoms with Gasteiger partial charge < -0.3 is 15.8 Å². The van der Waals surface area contributed by atoms with Crippen LogP contribution in [0.25, 0.3) is 0 Å². The number of halogens is 1. The van der Waals surface area contributed by atoms with Gasteiger partial charge in [0, 0.05) is 15.7 Å². The van der Waals surface area contributed by atoms with E-state index in [-0.39, 0.29) is 5.91 Å². The van der Waals surface area contributed by atoms with Crippen LogP contribution in [-0.4, -0.2) is 12.5 Å². The van der Waals surface area contributed by atoms with Crippen molar-refractivity contribution < 1.29 is 9.53 Å². The smallest absolute Gasteiger partial charge is 0.255 e. The Labute approximate surface area is 138 Å². The number of hydrogen-bond donors (Lipinski definition) is 2. The lowest BCUT2D eigenvalue weighted by Gasteiger charge is -2.10. The van der Waals surface area contributed by atoms with Crippen LogP contribution >= 0.6 is 15.9 Å². The Morgan fingerprint density at radius 2 is 2.09 bits per heavy atom. The van der Waals surface area contributed by atoms with E-state index in [0.717, 1.165) is 17.3 Å². The van der Waals surface area contributed by atoms with Crippen LogP contribution in [0.15, 0.2) is 46.9 Å². The Hall–Kier alpha value is -2.01. The van der Waals surface area contributed by atoms with E-state index in [4.69, 9.17) is 10.5 Å². The molecule has 0 fully saturated rings. The number of nitrogens with one attached hydrogen (secondary N) is 1. The van der Waals surface area contributed by atoms with Crippen molar-refractivity contribution in [2.75, 3.05) is 17.7 Å². The molecule has 3 N–H and O–H groups in total. The summed E-state index contributed by atoms with van der Waals surface area (Å²) in [5.41, 5.74) is 7.55. The van der Waals surface area contributed by atoms with E-state index in [1.54, 1.807) is 30.3 Å². The van der Waals surface area contributed by atoms with E-state index in [0.29, 0.717) is 29.3 Å². The van der Waals surface area contributed by atoms with E-state index in [1.165, 1.54) is 0 Å². The average Bonchev–Trinajstić information content (AvgIpc) is 2.50. The monoisotopic (exact) mass is 362 g/mol. The van der Waals surface area contributed by atoms with Gasteiger partial charge in [-0.3, -0.25) is 4.79 Å². The van der Waals surface area contributed by atoms with E-state index >= 15 is 0 Å². The first kappa shape index (κ1) is 16.4. The number of amides is 1. The summed E-state index contributed by atoms with van der Waals surface area (Å²) in [5, 5.41) is 2.85. The van der Waals surface area contributed by atoms with Crippen molar-refractivity contribution in [3.8, 4) is 5.75 Å². The van der Waals surface area contributed by atoms with Crippen LogP contribution in [-0.2, 0) is 0 Å². The molecule has 0 aliphatic heterocycles. The molecule has 0 radical (unpaired) electrons. The number of nitrogens with two attached hydrogens (primary N) is 1. The maximum atomic E-state index is 12.3. The van der Waals surface area contributed by atoms with E-state index < -0.39 is 0 Å². The minimum absolute atomic E-state index is 0.189. The summed E-state index contributed by atoms with van der Waals surface area (Å²) in [5.74, 6) is 0.517. The summed E-state index contributed by atoms with van der Waals surface area (Å²) in [7, 11) is 0. The van der Waals surface area contributed by atoms with Crippen molar-refractivity contribution in [3.05, 3.63) is 52.5 Å². The standard InChI is InChI=1S/C17H19BrN2O2/c1-2-3-9-22-14-6-4-5-12(10-14)17(21)20-16-8-7-13(19)11-15(16)18/h4-8,10-11H,2-3,9,19H2,1H3,(H,20,21). The molecule has 0 saturated carbocycles. The Bertz CT molecular complexity index is 659. The molecule has 1 amide bonds. The van der Waals surface area contributed by atoms with Gasteiger partial charge in [-0.15, -0.1) is 0 Å². The van der Waals surface area contributed by atoms with E-state index in [9.17, 15) is 4.79 Å². The summed E-state index contributed by atoms with van der Waals surface area (Å²) < 4.78 is 6.37. The van der Waals surface area contributed by atoms with Crippen LogP contribution in [0, 0.1) is 0 Å². The van der Waals surface area contributed by atoms with Crippen LogP contribution in [0.3, 0.4) is 0 Å². The Kier molecular flexibility index (Phi) is 5.83. The molecule has 0 saturated heterocycles. The summed E-state index contributed by atoms with van der Waals surface area (Å²) in [6, 6.07) is 12.4. The van der Waals surface area contributed by atoms with E-state index in [1.807, 2.05) is 12.1 Å². The molecule has 0 heterocycles. The minimum atomic E-state index is -0.189. The largest absolute Gasteiger partial charge is 0.494 e. The van der Waals surface area contributed by atoms with Crippen LogP contribution in [0.2, 0.25) is 0 Å². The quantitative estimate of drug-likeness (QED) is 0.588. The predicted octanol–water partition coefficient (Wildman–Crippen LogP) is 4.46. The van der Waals surface area contributed by atoms with Crippen LogP contribution in [0.5, 0.6) is 5.75 Å². The fourth-order valence-corrected chi connectivity index (χ4v) is 2.38. The number of anilines is 2. The van der Waals surface area contributed by atoms with Gasteiger partial charge in [-0.05, 0) is 58.7 Å². The average molecular weight is 363 g/mol. The third-order valence-corrected chi connectivity index (χ3v) is 3.76. The third-order valence-electron chi connectivity index (χ3n) is 3.10. The molecule has 0 unspecified atom stereocenters. The van der Waals surface area contributed by atoms with Crippen LogP contribution < -0.4 is 15.8 Å². The lowest BCUT2D eigenvalue weighted by Crippen LogP contribution is -2.12. The second kappa shape index (κ2) is 7.84. The number of ether oxygens (including phenoxy) is 1.